The van der Waals surface area contributed by atoms with Crippen LogP contribution in [0.2, 0.25) is 5.02 Å². The van der Waals surface area contributed by atoms with Crippen molar-refractivity contribution in [2.24, 2.45) is 0 Å². The summed E-state index contributed by atoms with van der Waals surface area (Å²) in [5.41, 5.74) is 3.50. The van der Waals surface area contributed by atoms with E-state index in [1.807, 2.05) is 44.2 Å². The number of hydrogen-bond acceptors (Lipinski definition) is 3. The molecule has 0 fully saturated rings. The molecule has 0 bridgehead atoms. The summed E-state index contributed by atoms with van der Waals surface area (Å²) in [4.78, 5) is 16.5. The molecule has 1 N–H and O–H groups in total. The fourth-order valence-electron chi connectivity index (χ4n) is 2.56. The first-order valence-electron chi connectivity index (χ1n) is 7.58. The van der Waals surface area contributed by atoms with Crippen molar-refractivity contribution < 1.29 is 9.53 Å². The fourth-order valence-corrected chi connectivity index (χ4v) is 2.77. The van der Waals surface area contributed by atoms with E-state index in [0.29, 0.717) is 16.3 Å². The minimum absolute atomic E-state index is 0.0961. The third kappa shape index (κ3) is 3.34. The summed E-state index contributed by atoms with van der Waals surface area (Å²) in [6, 6.07) is 13.0. The summed E-state index contributed by atoms with van der Waals surface area (Å²) >= 11 is 6.16. The third-order valence-electron chi connectivity index (χ3n) is 3.78. The molecule has 0 saturated carbocycles. The highest BCUT2D eigenvalue weighted by Crippen LogP contribution is 2.29. The van der Waals surface area contributed by atoms with Crippen LogP contribution in [0.1, 0.15) is 11.1 Å². The van der Waals surface area contributed by atoms with Gasteiger partial charge in [0, 0.05) is 17.3 Å². The van der Waals surface area contributed by atoms with Gasteiger partial charge in [-0.2, -0.15) is 0 Å². The number of benzene rings is 2. The smallest absolute Gasteiger partial charge is 0.262 e. The van der Waals surface area contributed by atoms with Crippen molar-refractivity contribution in [3.8, 4) is 5.75 Å². The van der Waals surface area contributed by atoms with Crippen LogP contribution in [0.3, 0.4) is 0 Å². The molecule has 0 radical (unpaired) electrons. The zero-order chi connectivity index (χ0) is 17.1. The second kappa shape index (κ2) is 6.89. The van der Waals surface area contributed by atoms with Crippen molar-refractivity contribution in [3.05, 3.63) is 64.8 Å². The molecule has 3 rings (SSSR count). The van der Waals surface area contributed by atoms with E-state index in [2.05, 4.69) is 10.3 Å². The third-order valence-corrected chi connectivity index (χ3v) is 4.11. The Kier molecular flexibility index (Phi) is 4.67. The van der Waals surface area contributed by atoms with E-state index in [1.165, 1.54) is 0 Å². The lowest BCUT2D eigenvalue weighted by Crippen LogP contribution is -2.21. The maximum absolute atomic E-state index is 12.2. The number of para-hydroxylation sites is 1. The molecule has 24 heavy (non-hydrogen) atoms. The number of fused-ring (bicyclic) bond motifs is 1. The number of aromatic nitrogens is 1. The Morgan fingerprint density at radius 3 is 2.62 bits per heavy atom. The number of pyridine rings is 1. The molecule has 122 valence electrons. The van der Waals surface area contributed by atoms with Crippen LogP contribution in [0, 0.1) is 13.8 Å². The summed E-state index contributed by atoms with van der Waals surface area (Å²) in [7, 11) is 0. The second-order valence-corrected chi connectivity index (χ2v) is 5.96. The topological polar surface area (TPSA) is 51.2 Å². The molecule has 3 aromatic rings. The number of hydrogen-bond donors (Lipinski definition) is 1. The predicted molar refractivity (Wildman–Crippen MR) is 96.8 cm³/mol. The number of aryl methyl sites for hydroxylation is 2. The lowest BCUT2D eigenvalue weighted by Gasteiger charge is -2.13. The minimum Gasteiger partial charge on any atom is -0.481 e. The Bertz CT molecular complexity index is 889. The summed E-state index contributed by atoms with van der Waals surface area (Å²) in [5, 5.41) is 4.30. The number of amides is 1. The zero-order valence-corrected chi connectivity index (χ0v) is 14.2. The van der Waals surface area contributed by atoms with Crippen LogP contribution in [-0.2, 0) is 4.79 Å². The number of nitrogens with zero attached hydrogens (tertiary/aromatic N) is 1. The Labute approximate surface area is 145 Å². The van der Waals surface area contributed by atoms with E-state index in [1.54, 1.807) is 18.3 Å². The first kappa shape index (κ1) is 16.3. The molecule has 5 heteroatoms. The van der Waals surface area contributed by atoms with Crippen LogP contribution in [0.5, 0.6) is 5.75 Å². The van der Waals surface area contributed by atoms with Gasteiger partial charge in [0.05, 0.1) is 5.02 Å². The molecule has 1 aromatic heterocycles. The minimum atomic E-state index is -0.216. The van der Waals surface area contributed by atoms with Crippen LogP contribution in [0.4, 0.5) is 5.69 Å². The average Bonchev–Trinajstić information content (AvgIpc) is 2.58. The summed E-state index contributed by atoms with van der Waals surface area (Å²) in [6.07, 6.45) is 1.67. The average molecular weight is 341 g/mol. The Balaban J connectivity index is 1.75. The van der Waals surface area contributed by atoms with Gasteiger partial charge < -0.3 is 10.1 Å². The van der Waals surface area contributed by atoms with Crippen LogP contribution in [-0.4, -0.2) is 17.5 Å². The van der Waals surface area contributed by atoms with E-state index in [9.17, 15) is 4.79 Å². The Morgan fingerprint density at radius 1 is 1.12 bits per heavy atom. The van der Waals surface area contributed by atoms with E-state index in [0.717, 1.165) is 22.2 Å². The van der Waals surface area contributed by atoms with Gasteiger partial charge in [0.1, 0.15) is 11.3 Å². The largest absolute Gasteiger partial charge is 0.481 e. The lowest BCUT2D eigenvalue weighted by atomic mass is 10.1. The first-order chi connectivity index (χ1) is 11.6. The molecule has 1 heterocycles. The molecule has 1 amide bonds. The normalized spacial score (nSPS) is 10.6. The molecule has 0 atom stereocenters. The number of halogens is 1. The highest BCUT2D eigenvalue weighted by Gasteiger charge is 2.11. The monoisotopic (exact) mass is 340 g/mol. The lowest BCUT2D eigenvalue weighted by molar-refractivity contribution is -0.118. The summed E-state index contributed by atoms with van der Waals surface area (Å²) in [6.45, 7) is 3.82. The first-order valence-corrected chi connectivity index (χ1v) is 7.96. The second-order valence-electron chi connectivity index (χ2n) is 5.55. The van der Waals surface area contributed by atoms with Gasteiger partial charge in [-0.3, -0.25) is 9.78 Å². The fraction of sp³-hybridized carbons (Fsp3) is 0.158. The quantitative estimate of drug-likeness (QED) is 0.759. The number of nitrogens with one attached hydrogen (secondary N) is 1. The predicted octanol–water partition coefficient (Wildman–Crippen LogP) is 4.52. The number of carbonyl (C=O) groups is 1. The van der Waals surface area contributed by atoms with Crippen LogP contribution in [0.15, 0.2) is 48.7 Å². The van der Waals surface area contributed by atoms with Gasteiger partial charge in [0.25, 0.3) is 5.91 Å². The molecule has 0 spiro atoms. The van der Waals surface area contributed by atoms with Gasteiger partial charge in [0.15, 0.2) is 6.61 Å². The van der Waals surface area contributed by atoms with Gasteiger partial charge >= 0.3 is 0 Å². The molecular formula is C19H17ClN2O2. The van der Waals surface area contributed by atoms with Gasteiger partial charge in [0.2, 0.25) is 0 Å². The van der Waals surface area contributed by atoms with Crippen LogP contribution in [0.25, 0.3) is 10.9 Å². The number of ether oxygens (including phenoxy) is 1. The standard InChI is InChI=1S/C19H17ClN2O2/c1-12-5-3-6-13(2)18(12)22-17(23)11-24-16-9-8-15(20)14-7-4-10-21-19(14)16/h3-10H,11H2,1-2H3,(H,22,23). The molecule has 0 aliphatic rings. The molecule has 0 aliphatic heterocycles. The van der Waals surface area contributed by atoms with Gasteiger partial charge in [-0.05, 0) is 49.2 Å². The molecule has 0 aliphatic carbocycles. The maximum atomic E-state index is 12.2. The highest BCUT2D eigenvalue weighted by atomic mass is 35.5. The van der Waals surface area contributed by atoms with Gasteiger partial charge in [-0.25, -0.2) is 0 Å². The van der Waals surface area contributed by atoms with Crippen molar-refractivity contribution in [2.45, 2.75) is 13.8 Å². The SMILES string of the molecule is Cc1cccc(C)c1NC(=O)COc1ccc(Cl)c2cccnc12. The highest BCUT2D eigenvalue weighted by molar-refractivity contribution is 6.35. The van der Waals surface area contributed by atoms with Crippen LogP contribution >= 0.6 is 11.6 Å². The van der Waals surface area contributed by atoms with E-state index in [-0.39, 0.29) is 12.5 Å². The van der Waals surface area contributed by atoms with Gasteiger partial charge in [-0.15, -0.1) is 0 Å². The molecule has 4 nitrogen and oxygen atoms in total. The van der Waals surface area contributed by atoms with Crippen LogP contribution < -0.4 is 10.1 Å². The van der Waals surface area contributed by atoms with Crippen molar-refractivity contribution >= 4 is 34.1 Å². The number of anilines is 1. The van der Waals surface area contributed by atoms with Crippen molar-refractivity contribution in [2.75, 3.05) is 11.9 Å². The molecule has 0 saturated heterocycles. The van der Waals surface area contributed by atoms with Crippen molar-refractivity contribution in [1.29, 1.82) is 0 Å². The molecule has 0 unspecified atom stereocenters. The van der Waals surface area contributed by atoms with E-state index in [4.69, 9.17) is 16.3 Å². The maximum Gasteiger partial charge on any atom is 0.262 e. The van der Waals surface area contributed by atoms with Crippen molar-refractivity contribution in [1.82, 2.24) is 4.98 Å². The van der Waals surface area contributed by atoms with E-state index >= 15 is 0 Å². The summed E-state index contributed by atoms with van der Waals surface area (Å²) in [5.74, 6) is 0.318. The Morgan fingerprint density at radius 2 is 1.88 bits per heavy atom. The number of carbonyl (C=O) groups excluding carboxylic acids is 1. The molecule has 2 aromatic carbocycles. The molecular weight excluding hydrogens is 324 g/mol. The zero-order valence-electron chi connectivity index (χ0n) is 13.5. The van der Waals surface area contributed by atoms with Crippen molar-refractivity contribution in [3.63, 3.8) is 0 Å². The van der Waals surface area contributed by atoms with E-state index < -0.39 is 0 Å². The number of rotatable bonds is 4. The summed E-state index contributed by atoms with van der Waals surface area (Å²) < 4.78 is 5.65. The Hall–Kier alpha value is -2.59. The van der Waals surface area contributed by atoms with Gasteiger partial charge in [-0.1, -0.05) is 29.8 Å².